The molecule has 8 nitrogen and oxygen atoms in total. The minimum atomic E-state index is -3.57. The van der Waals surface area contributed by atoms with Crippen molar-refractivity contribution in [1.82, 2.24) is 19.3 Å². The molecule has 0 saturated carbocycles. The molecule has 3 heterocycles. The highest BCUT2D eigenvalue weighted by Crippen LogP contribution is 2.23. The monoisotopic (exact) mass is 350 g/mol. The third-order valence-electron chi connectivity index (χ3n) is 3.70. The van der Waals surface area contributed by atoms with Crippen LogP contribution in [-0.4, -0.2) is 54.0 Å². The van der Waals surface area contributed by atoms with Crippen molar-refractivity contribution in [1.29, 1.82) is 0 Å². The van der Waals surface area contributed by atoms with Gasteiger partial charge in [-0.3, -0.25) is 9.97 Å². The predicted octanol–water partition coefficient (Wildman–Crippen LogP) is 1.11. The molecule has 1 saturated heterocycles. The van der Waals surface area contributed by atoms with Crippen molar-refractivity contribution in [3.63, 3.8) is 0 Å². The highest BCUT2D eigenvalue weighted by molar-refractivity contribution is 7.89. The molecular formula is C15H18N4O4S. The van der Waals surface area contributed by atoms with Gasteiger partial charge in [-0.2, -0.15) is 9.29 Å². The van der Waals surface area contributed by atoms with Crippen molar-refractivity contribution in [2.24, 2.45) is 0 Å². The van der Waals surface area contributed by atoms with Gasteiger partial charge in [-0.15, -0.1) is 0 Å². The summed E-state index contributed by atoms with van der Waals surface area (Å²) in [4.78, 5) is 12.2. The predicted molar refractivity (Wildman–Crippen MR) is 85.2 cm³/mol. The Hall–Kier alpha value is -2.26. The smallest absolute Gasteiger partial charge is 0.244 e. The van der Waals surface area contributed by atoms with Gasteiger partial charge in [-0.1, -0.05) is 0 Å². The molecule has 0 N–H and O–H groups in total. The van der Waals surface area contributed by atoms with E-state index in [2.05, 4.69) is 15.0 Å². The van der Waals surface area contributed by atoms with E-state index in [-0.39, 0.29) is 17.5 Å². The molecule has 1 aliphatic rings. The van der Waals surface area contributed by atoms with Gasteiger partial charge in [0.15, 0.2) is 0 Å². The number of aromatic nitrogens is 3. The van der Waals surface area contributed by atoms with Gasteiger partial charge in [0, 0.05) is 18.9 Å². The summed E-state index contributed by atoms with van der Waals surface area (Å²) in [5.41, 5.74) is 0. The number of hydrogen-bond donors (Lipinski definition) is 0. The topological polar surface area (TPSA) is 94.5 Å². The van der Waals surface area contributed by atoms with Crippen LogP contribution in [0.1, 0.15) is 12.8 Å². The molecule has 128 valence electrons. The SMILES string of the molecule is COc1cncc(O[C@@H]2CCCN(S(=O)(=O)c3cccnc3)C2)n1. The van der Waals surface area contributed by atoms with Gasteiger partial charge in [0.25, 0.3) is 0 Å². The lowest BCUT2D eigenvalue weighted by molar-refractivity contribution is 0.123. The number of pyridine rings is 1. The molecule has 2 aromatic rings. The minimum Gasteiger partial charge on any atom is -0.480 e. The highest BCUT2D eigenvalue weighted by Gasteiger charge is 2.31. The summed E-state index contributed by atoms with van der Waals surface area (Å²) in [5, 5.41) is 0. The number of sulfonamides is 1. The van der Waals surface area contributed by atoms with Crippen molar-refractivity contribution < 1.29 is 17.9 Å². The van der Waals surface area contributed by atoms with Crippen LogP contribution in [0.25, 0.3) is 0 Å². The van der Waals surface area contributed by atoms with Crippen LogP contribution in [0.15, 0.2) is 41.8 Å². The molecule has 0 spiro atoms. The maximum absolute atomic E-state index is 12.7. The molecule has 0 aliphatic carbocycles. The van der Waals surface area contributed by atoms with Crippen LogP contribution in [0.4, 0.5) is 0 Å². The molecule has 2 aromatic heterocycles. The third-order valence-corrected chi connectivity index (χ3v) is 5.55. The molecule has 9 heteroatoms. The fraction of sp³-hybridized carbons (Fsp3) is 0.400. The molecule has 0 aromatic carbocycles. The maximum atomic E-state index is 12.7. The standard InChI is InChI=1S/C15H18N4O4S/c1-22-14-9-17-10-15(18-14)23-12-4-3-7-19(11-12)24(20,21)13-5-2-6-16-8-13/h2,5-6,8-10,12H,3-4,7,11H2,1H3/t12-/m1/s1. The van der Waals surface area contributed by atoms with Crippen molar-refractivity contribution in [2.45, 2.75) is 23.8 Å². The Morgan fingerprint density at radius 1 is 1.21 bits per heavy atom. The average molecular weight is 350 g/mol. The van der Waals surface area contributed by atoms with Crippen LogP contribution >= 0.6 is 0 Å². The molecule has 3 rings (SSSR count). The first-order chi connectivity index (χ1) is 11.6. The minimum absolute atomic E-state index is 0.187. The Bertz CT molecular complexity index is 785. The lowest BCUT2D eigenvalue weighted by atomic mass is 10.1. The van der Waals surface area contributed by atoms with Crippen molar-refractivity contribution in [3.8, 4) is 11.8 Å². The Kier molecular flexibility index (Phi) is 4.91. The Morgan fingerprint density at radius 3 is 2.79 bits per heavy atom. The first kappa shape index (κ1) is 16.6. The fourth-order valence-electron chi connectivity index (χ4n) is 2.53. The number of rotatable bonds is 5. The Morgan fingerprint density at radius 2 is 2.04 bits per heavy atom. The van der Waals surface area contributed by atoms with Crippen molar-refractivity contribution in [2.75, 3.05) is 20.2 Å². The zero-order valence-corrected chi connectivity index (χ0v) is 14.0. The number of nitrogens with zero attached hydrogens (tertiary/aromatic N) is 4. The summed E-state index contributed by atoms with van der Waals surface area (Å²) in [6, 6.07) is 3.15. The molecule has 24 heavy (non-hydrogen) atoms. The molecule has 0 bridgehead atoms. The van der Waals surface area contributed by atoms with E-state index in [1.165, 1.54) is 30.0 Å². The lowest BCUT2D eigenvalue weighted by Crippen LogP contribution is -2.44. The van der Waals surface area contributed by atoms with Crippen LogP contribution in [0.3, 0.4) is 0 Å². The van der Waals surface area contributed by atoms with Gasteiger partial charge in [0.1, 0.15) is 11.0 Å². The summed E-state index contributed by atoms with van der Waals surface area (Å²) >= 11 is 0. The number of piperidine rings is 1. The van der Waals surface area contributed by atoms with Gasteiger partial charge in [0.2, 0.25) is 21.8 Å². The summed E-state index contributed by atoms with van der Waals surface area (Å²) < 4.78 is 37.6. The number of hydrogen-bond acceptors (Lipinski definition) is 7. The van der Waals surface area contributed by atoms with Gasteiger partial charge in [-0.05, 0) is 25.0 Å². The van der Waals surface area contributed by atoms with Crippen molar-refractivity contribution in [3.05, 3.63) is 36.9 Å². The summed E-state index contributed by atoms with van der Waals surface area (Å²) in [6.45, 7) is 0.719. The van der Waals surface area contributed by atoms with E-state index >= 15 is 0 Å². The van der Waals surface area contributed by atoms with Gasteiger partial charge < -0.3 is 9.47 Å². The molecule has 0 unspecified atom stereocenters. The van der Waals surface area contributed by atoms with Gasteiger partial charge in [0.05, 0.1) is 26.0 Å². The molecule has 1 fully saturated rings. The van der Waals surface area contributed by atoms with E-state index in [0.717, 1.165) is 6.42 Å². The maximum Gasteiger partial charge on any atom is 0.244 e. The van der Waals surface area contributed by atoms with Gasteiger partial charge >= 0.3 is 0 Å². The van der Waals surface area contributed by atoms with Crippen LogP contribution in [0.5, 0.6) is 11.8 Å². The van der Waals surface area contributed by atoms with E-state index in [1.807, 2.05) is 0 Å². The van der Waals surface area contributed by atoms with E-state index < -0.39 is 10.0 Å². The number of ether oxygens (including phenoxy) is 2. The molecular weight excluding hydrogens is 332 g/mol. The summed E-state index contributed by atoms with van der Waals surface area (Å²) in [5.74, 6) is 0.670. The quantitative estimate of drug-likeness (QED) is 0.797. The summed E-state index contributed by atoms with van der Waals surface area (Å²) in [6.07, 6.45) is 7.03. The summed E-state index contributed by atoms with van der Waals surface area (Å²) in [7, 11) is -2.07. The van der Waals surface area contributed by atoms with Crippen LogP contribution in [0, 0.1) is 0 Å². The second kappa shape index (κ2) is 7.10. The van der Waals surface area contributed by atoms with E-state index in [9.17, 15) is 8.42 Å². The largest absolute Gasteiger partial charge is 0.480 e. The second-order valence-electron chi connectivity index (χ2n) is 5.33. The second-order valence-corrected chi connectivity index (χ2v) is 7.27. The Labute approximate surface area is 140 Å². The first-order valence-corrected chi connectivity index (χ1v) is 8.96. The normalized spacial score (nSPS) is 19.0. The van der Waals surface area contributed by atoms with Crippen molar-refractivity contribution >= 4 is 10.0 Å². The van der Waals surface area contributed by atoms with E-state index in [4.69, 9.17) is 9.47 Å². The molecule has 1 aliphatic heterocycles. The molecule has 1 atom stereocenters. The lowest BCUT2D eigenvalue weighted by Gasteiger charge is -2.31. The molecule has 0 radical (unpaired) electrons. The van der Waals surface area contributed by atoms with Gasteiger partial charge in [-0.25, -0.2) is 8.42 Å². The van der Waals surface area contributed by atoms with Crippen LogP contribution in [0.2, 0.25) is 0 Å². The molecule has 0 amide bonds. The number of methoxy groups -OCH3 is 1. The van der Waals surface area contributed by atoms with Crippen LogP contribution < -0.4 is 9.47 Å². The zero-order valence-electron chi connectivity index (χ0n) is 13.2. The fourth-order valence-corrected chi connectivity index (χ4v) is 4.00. The third kappa shape index (κ3) is 3.62. The Balaban J connectivity index is 1.72. The van der Waals surface area contributed by atoms with E-state index in [0.29, 0.717) is 24.7 Å². The van der Waals surface area contributed by atoms with E-state index in [1.54, 1.807) is 18.3 Å². The first-order valence-electron chi connectivity index (χ1n) is 7.52. The zero-order chi connectivity index (χ0) is 17.0. The highest BCUT2D eigenvalue weighted by atomic mass is 32.2. The van der Waals surface area contributed by atoms with Crippen LogP contribution in [-0.2, 0) is 10.0 Å². The average Bonchev–Trinajstić information content (AvgIpc) is 2.63.